The lowest BCUT2D eigenvalue weighted by molar-refractivity contribution is -0.128. The molecule has 1 aromatic carbocycles. The zero-order valence-corrected chi connectivity index (χ0v) is 12.9. The quantitative estimate of drug-likeness (QED) is 0.823. The summed E-state index contributed by atoms with van der Waals surface area (Å²) in [6.07, 6.45) is 0.735. The highest BCUT2D eigenvalue weighted by molar-refractivity contribution is 7.80. The fourth-order valence-corrected chi connectivity index (χ4v) is 4.21. The van der Waals surface area contributed by atoms with E-state index in [0.717, 1.165) is 11.9 Å². The van der Waals surface area contributed by atoms with Crippen molar-refractivity contribution >= 4 is 34.1 Å². The number of amides is 1. The van der Waals surface area contributed by atoms with E-state index in [1.807, 2.05) is 19.1 Å². The molecule has 4 nitrogen and oxygen atoms in total. The number of hydrogen-bond acceptors (Lipinski definition) is 2. The van der Waals surface area contributed by atoms with Crippen LogP contribution in [0.1, 0.15) is 31.1 Å². The third-order valence-corrected chi connectivity index (χ3v) is 5.17. The molecule has 1 saturated heterocycles. The van der Waals surface area contributed by atoms with E-state index in [9.17, 15) is 4.79 Å². The van der Waals surface area contributed by atoms with Gasteiger partial charge in [-0.25, -0.2) is 0 Å². The first-order valence-electron chi connectivity index (χ1n) is 7.36. The van der Waals surface area contributed by atoms with Gasteiger partial charge in [0.2, 0.25) is 0 Å². The molecule has 2 aliphatic heterocycles. The Kier molecular flexibility index (Phi) is 2.63. The Morgan fingerprint density at radius 1 is 1.38 bits per heavy atom. The van der Waals surface area contributed by atoms with Crippen molar-refractivity contribution in [2.75, 3.05) is 6.54 Å². The highest BCUT2D eigenvalue weighted by Crippen LogP contribution is 2.40. The summed E-state index contributed by atoms with van der Waals surface area (Å²) in [5, 5.41) is 1.90. The molecule has 4 rings (SSSR count). The number of aromatic nitrogens is 1. The van der Waals surface area contributed by atoms with Crippen molar-refractivity contribution in [1.82, 2.24) is 14.8 Å². The minimum Gasteiger partial charge on any atom is -0.356 e. The van der Waals surface area contributed by atoms with Crippen LogP contribution in [-0.4, -0.2) is 38.4 Å². The van der Waals surface area contributed by atoms with E-state index in [4.69, 9.17) is 12.2 Å². The number of para-hydroxylation sites is 1. The smallest absolute Gasteiger partial charge is 0.251 e. The van der Waals surface area contributed by atoms with Gasteiger partial charge in [-0.1, -0.05) is 18.2 Å². The number of rotatable bonds is 1. The minimum absolute atomic E-state index is 0.110. The molecule has 0 radical (unpaired) electrons. The van der Waals surface area contributed by atoms with Crippen molar-refractivity contribution in [3.8, 4) is 0 Å². The number of hydrogen-bond donors (Lipinski definition) is 1. The van der Waals surface area contributed by atoms with Gasteiger partial charge in [0, 0.05) is 29.6 Å². The third kappa shape index (κ3) is 1.55. The molecule has 1 aromatic heterocycles. The Morgan fingerprint density at radius 2 is 2.14 bits per heavy atom. The summed E-state index contributed by atoms with van der Waals surface area (Å²) >= 11 is 5.52. The van der Waals surface area contributed by atoms with E-state index in [1.54, 1.807) is 4.90 Å². The summed E-state index contributed by atoms with van der Waals surface area (Å²) in [6, 6.07) is 8.27. The zero-order valence-electron chi connectivity index (χ0n) is 12.1. The van der Waals surface area contributed by atoms with Crippen LogP contribution >= 0.6 is 12.2 Å². The van der Waals surface area contributed by atoms with Crippen molar-refractivity contribution in [1.29, 1.82) is 0 Å². The van der Waals surface area contributed by atoms with Gasteiger partial charge in [0.15, 0.2) is 5.11 Å². The molecule has 0 bridgehead atoms. The van der Waals surface area contributed by atoms with Crippen LogP contribution < -0.4 is 0 Å². The van der Waals surface area contributed by atoms with Crippen LogP contribution in [-0.2, 0) is 11.2 Å². The predicted octanol–water partition coefficient (Wildman–Crippen LogP) is 2.60. The van der Waals surface area contributed by atoms with Crippen LogP contribution in [0.2, 0.25) is 0 Å². The number of likely N-dealkylation sites (N-methyl/N-ethyl adjacent to an activating group) is 1. The molecular formula is C16H17N3OS. The van der Waals surface area contributed by atoms with Crippen LogP contribution in [0, 0.1) is 0 Å². The lowest BCUT2D eigenvalue weighted by Crippen LogP contribution is -2.42. The Morgan fingerprint density at radius 3 is 2.90 bits per heavy atom. The standard InChI is InChI=1S/C16H17N3OS/c1-3-18-15(20)13-8-11-10-6-4-5-7-12(10)17-14(11)9(2)19(13)16(18)21/h4-7,9,13,17H,3,8H2,1-2H3. The molecule has 108 valence electrons. The zero-order chi connectivity index (χ0) is 14.7. The number of nitrogens with one attached hydrogen (secondary N) is 1. The molecule has 3 heterocycles. The van der Waals surface area contributed by atoms with Gasteiger partial charge in [-0.15, -0.1) is 0 Å². The molecule has 2 unspecified atom stereocenters. The molecule has 21 heavy (non-hydrogen) atoms. The van der Waals surface area contributed by atoms with Gasteiger partial charge >= 0.3 is 0 Å². The van der Waals surface area contributed by atoms with Crippen molar-refractivity contribution < 1.29 is 4.79 Å². The number of fused-ring (bicyclic) bond motifs is 4. The molecule has 0 aliphatic carbocycles. The van der Waals surface area contributed by atoms with Gasteiger partial charge < -0.3 is 9.88 Å². The van der Waals surface area contributed by atoms with Crippen LogP contribution in [0.15, 0.2) is 24.3 Å². The van der Waals surface area contributed by atoms with Crippen molar-refractivity contribution in [2.45, 2.75) is 32.4 Å². The molecule has 2 aliphatic rings. The van der Waals surface area contributed by atoms with Crippen LogP contribution in [0.5, 0.6) is 0 Å². The Hall–Kier alpha value is -1.88. The van der Waals surface area contributed by atoms with Gasteiger partial charge in [0.05, 0.1) is 6.04 Å². The normalized spacial score (nSPS) is 24.7. The lowest BCUT2D eigenvalue weighted by Gasteiger charge is -2.34. The van der Waals surface area contributed by atoms with E-state index in [0.29, 0.717) is 11.7 Å². The number of carbonyl (C=O) groups is 1. The fourth-order valence-electron chi connectivity index (χ4n) is 3.71. The topological polar surface area (TPSA) is 39.3 Å². The highest BCUT2D eigenvalue weighted by Gasteiger charge is 2.47. The van der Waals surface area contributed by atoms with E-state index in [2.05, 4.69) is 28.9 Å². The van der Waals surface area contributed by atoms with Crippen molar-refractivity contribution in [3.05, 3.63) is 35.5 Å². The number of benzene rings is 1. The van der Waals surface area contributed by atoms with Gasteiger partial charge in [0.25, 0.3) is 5.91 Å². The molecule has 1 fully saturated rings. The molecule has 0 saturated carbocycles. The first kappa shape index (κ1) is 12.8. The van der Waals surface area contributed by atoms with Crippen LogP contribution in [0.3, 0.4) is 0 Å². The molecule has 1 amide bonds. The Bertz CT molecular complexity index is 766. The summed E-state index contributed by atoms with van der Waals surface area (Å²) in [5.41, 5.74) is 3.61. The lowest BCUT2D eigenvalue weighted by atomic mass is 9.93. The fraction of sp³-hybridized carbons (Fsp3) is 0.375. The van der Waals surface area contributed by atoms with E-state index in [-0.39, 0.29) is 18.0 Å². The van der Waals surface area contributed by atoms with E-state index in [1.165, 1.54) is 16.6 Å². The van der Waals surface area contributed by atoms with Crippen LogP contribution in [0.4, 0.5) is 0 Å². The van der Waals surface area contributed by atoms with Gasteiger partial charge in [-0.05, 0) is 37.7 Å². The van der Waals surface area contributed by atoms with Crippen molar-refractivity contribution in [3.63, 3.8) is 0 Å². The molecule has 2 aromatic rings. The van der Waals surface area contributed by atoms with E-state index >= 15 is 0 Å². The number of aromatic amines is 1. The summed E-state index contributed by atoms with van der Waals surface area (Å²) in [6.45, 7) is 4.74. The predicted molar refractivity (Wildman–Crippen MR) is 86.0 cm³/mol. The van der Waals surface area contributed by atoms with Crippen molar-refractivity contribution in [2.24, 2.45) is 0 Å². The average molecular weight is 299 g/mol. The van der Waals surface area contributed by atoms with Gasteiger partial charge in [-0.2, -0.15) is 0 Å². The molecule has 0 spiro atoms. The largest absolute Gasteiger partial charge is 0.356 e. The number of thiocarbonyl (C=S) groups is 1. The summed E-state index contributed by atoms with van der Waals surface area (Å²) in [4.78, 5) is 19.9. The second-order valence-corrected chi connectivity index (χ2v) is 6.10. The first-order valence-corrected chi connectivity index (χ1v) is 7.77. The third-order valence-electron chi connectivity index (χ3n) is 4.73. The Labute approximate surface area is 128 Å². The van der Waals surface area contributed by atoms with E-state index < -0.39 is 0 Å². The molecule has 2 atom stereocenters. The maximum atomic E-state index is 12.6. The average Bonchev–Trinajstić information content (AvgIpc) is 2.97. The first-order chi connectivity index (χ1) is 10.1. The van der Waals surface area contributed by atoms with Crippen LogP contribution in [0.25, 0.3) is 10.9 Å². The van der Waals surface area contributed by atoms with Gasteiger partial charge in [0.1, 0.15) is 6.04 Å². The summed E-state index contributed by atoms with van der Waals surface area (Å²) in [7, 11) is 0. The minimum atomic E-state index is -0.140. The molecule has 1 N–H and O–H groups in total. The molecule has 5 heteroatoms. The SMILES string of the molecule is CCN1C(=O)C2Cc3c([nH]c4ccccc34)C(C)N2C1=S. The maximum absolute atomic E-state index is 12.6. The number of nitrogens with zero attached hydrogens (tertiary/aromatic N) is 2. The monoisotopic (exact) mass is 299 g/mol. The second kappa shape index (κ2) is 4.31. The Balaban J connectivity index is 1.88. The summed E-state index contributed by atoms with van der Waals surface area (Å²) < 4.78 is 0. The van der Waals surface area contributed by atoms with Gasteiger partial charge in [-0.3, -0.25) is 9.69 Å². The number of carbonyl (C=O) groups excluding carboxylic acids is 1. The second-order valence-electron chi connectivity index (χ2n) is 5.73. The molecular weight excluding hydrogens is 282 g/mol. The summed E-state index contributed by atoms with van der Waals surface area (Å²) in [5.74, 6) is 0.144. The highest BCUT2D eigenvalue weighted by atomic mass is 32.1. The maximum Gasteiger partial charge on any atom is 0.251 e. The number of H-pyrrole nitrogens is 1.